The second-order valence-corrected chi connectivity index (χ2v) is 8.33. The minimum Gasteiger partial charge on any atom is -0.480 e. The number of rotatable bonds is 7. The second kappa shape index (κ2) is 8.75. The maximum absolute atomic E-state index is 12.4. The predicted octanol–water partition coefficient (Wildman–Crippen LogP) is 5.77. The van der Waals surface area contributed by atoms with Gasteiger partial charge in [-0.05, 0) is 94.7 Å². The number of ether oxygens (including phenoxy) is 1. The maximum atomic E-state index is 12.4. The van der Waals surface area contributed by atoms with E-state index in [2.05, 4.69) is 6.08 Å². The quantitative estimate of drug-likeness (QED) is 0.340. The summed E-state index contributed by atoms with van der Waals surface area (Å²) < 4.78 is 6.00. The topological polar surface area (TPSA) is 43.4 Å². The van der Waals surface area contributed by atoms with Gasteiger partial charge in [-0.2, -0.15) is 0 Å². The summed E-state index contributed by atoms with van der Waals surface area (Å²) >= 11 is 1.66. The molecule has 27 heavy (non-hydrogen) atoms. The molecular formula is C23H28O3S. The van der Waals surface area contributed by atoms with Crippen molar-refractivity contribution in [3.8, 4) is 0 Å². The van der Waals surface area contributed by atoms with Crippen molar-refractivity contribution in [1.29, 1.82) is 0 Å². The third-order valence-corrected chi connectivity index (χ3v) is 5.57. The van der Waals surface area contributed by atoms with Crippen LogP contribution in [-0.4, -0.2) is 23.4 Å². The van der Waals surface area contributed by atoms with Crippen LogP contribution in [0.3, 0.4) is 0 Å². The molecule has 0 bridgehead atoms. The van der Waals surface area contributed by atoms with E-state index < -0.39 is 5.60 Å². The molecule has 0 saturated carbocycles. The van der Waals surface area contributed by atoms with E-state index in [0.29, 0.717) is 5.56 Å². The van der Waals surface area contributed by atoms with Crippen LogP contribution in [0.15, 0.2) is 64.3 Å². The van der Waals surface area contributed by atoms with Gasteiger partial charge in [0.25, 0.3) is 0 Å². The molecule has 1 aromatic carbocycles. The van der Waals surface area contributed by atoms with Gasteiger partial charge in [0.05, 0.1) is 0 Å². The number of carbonyl (C=O) groups is 2. The van der Waals surface area contributed by atoms with Crippen LogP contribution in [0.25, 0.3) is 0 Å². The van der Waals surface area contributed by atoms with Gasteiger partial charge in [-0.1, -0.05) is 12.2 Å². The molecule has 144 valence electrons. The Balaban J connectivity index is 2.08. The number of allylic oxidation sites excluding steroid dienone is 5. The average molecular weight is 385 g/mol. The highest BCUT2D eigenvalue weighted by molar-refractivity contribution is 7.98. The predicted molar refractivity (Wildman–Crippen MR) is 112 cm³/mol. The SMILES string of the molecule is CSc1ccc(C(=O)/C=C/C2C=C(C)C(OC(C)(C)C(C)=O)=C(C)C2)cc1. The van der Waals surface area contributed by atoms with Gasteiger partial charge in [0.2, 0.25) is 0 Å². The number of Topliss-reactive ketones (excluding diaryl/α,β-unsaturated/α-hetero) is 1. The van der Waals surface area contributed by atoms with Crippen LogP contribution in [0.1, 0.15) is 51.4 Å². The van der Waals surface area contributed by atoms with Crippen molar-refractivity contribution in [2.45, 2.75) is 51.5 Å². The molecule has 0 spiro atoms. The Morgan fingerprint density at radius 2 is 1.81 bits per heavy atom. The Bertz CT molecular complexity index is 811. The van der Waals surface area contributed by atoms with Crippen molar-refractivity contribution in [2.24, 2.45) is 5.92 Å². The number of thioether (sulfide) groups is 1. The van der Waals surface area contributed by atoms with Crippen LogP contribution in [0.4, 0.5) is 0 Å². The molecule has 1 unspecified atom stereocenters. The zero-order valence-electron chi connectivity index (χ0n) is 17.0. The highest BCUT2D eigenvalue weighted by Crippen LogP contribution is 2.33. The standard InChI is InChI=1S/C23H28O3S/c1-15-13-18(14-16(2)22(15)26-23(4,5)17(3)24)7-12-21(25)19-8-10-20(27-6)11-9-19/h7-13,18H,14H2,1-6H3/b12-7+. The van der Waals surface area contributed by atoms with Crippen LogP contribution >= 0.6 is 11.8 Å². The van der Waals surface area contributed by atoms with E-state index in [1.54, 1.807) is 38.6 Å². The van der Waals surface area contributed by atoms with Gasteiger partial charge in [-0.15, -0.1) is 11.8 Å². The number of hydrogen-bond donors (Lipinski definition) is 0. The van der Waals surface area contributed by atoms with Gasteiger partial charge in [-0.3, -0.25) is 9.59 Å². The zero-order chi connectivity index (χ0) is 20.2. The lowest BCUT2D eigenvalue weighted by Gasteiger charge is -2.30. The first kappa shape index (κ1) is 21.2. The van der Waals surface area contributed by atoms with Crippen LogP contribution in [0.5, 0.6) is 0 Å². The first-order valence-corrected chi connectivity index (χ1v) is 10.3. The number of benzene rings is 1. The molecule has 3 nitrogen and oxygen atoms in total. The van der Waals surface area contributed by atoms with E-state index in [1.165, 1.54) is 0 Å². The van der Waals surface area contributed by atoms with Gasteiger partial charge < -0.3 is 4.74 Å². The summed E-state index contributed by atoms with van der Waals surface area (Å²) in [7, 11) is 0. The van der Waals surface area contributed by atoms with Gasteiger partial charge >= 0.3 is 0 Å². The van der Waals surface area contributed by atoms with Crippen molar-refractivity contribution in [3.63, 3.8) is 0 Å². The van der Waals surface area contributed by atoms with E-state index >= 15 is 0 Å². The van der Waals surface area contributed by atoms with Crippen molar-refractivity contribution < 1.29 is 14.3 Å². The van der Waals surface area contributed by atoms with Crippen LogP contribution in [0, 0.1) is 5.92 Å². The largest absolute Gasteiger partial charge is 0.480 e. The van der Waals surface area contributed by atoms with Crippen molar-refractivity contribution in [1.82, 2.24) is 0 Å². The van der Waals surface area contributed by atoms with E-state index in [0.717, 1.165) is 28.2 Å². The molecule has 0 radical (unpaired) electrons. The maximum Gasteiger partial charge on any atom is 0.185 e. The fraction of sp³-hybridized carbons (Fsp3) is 0.391. The molecule has 0 aromatic heterocycles. The van der Waals surface area contributed by atoms with Crippen LogP contribution in [-0.2, 0) is 9.53 Å². The number of hydrogen-bond acceptors (Lipinski definition) is 4. The Kier molecular flexibility index (Phi) is 6.88. The lowest BCUT2D eigenvalue weighted by atomic mass is 9.89. The molecule has 0 heterocycles. The summed E-state index contributed by atoms with van der Waals surface area (Å²) in [4.78, 5) is 25.3. The highest BCUT2D eigenvalue weighted by Gasteiger charge is 2.29. The molecule has 4 heteroatoms. The second-order valence-electron chi connectivity index (χ2n) is 7.45. The summed E-state index contributed by atoms with van der Waals surface area (Å²) in [5.41, 5.74) is 1.95. The Morgan fingerprint density at radius 1 is 1.19 bits per heavy atom. The summed E-state index contributed by atoms with van der Waals surface area (Å²) in [6.07, 6.45) is 8.49. The lowest BCUT2D eigenvalue weighted by Crippen LogP contribution is -2.33. The minimum atomic E-state index is -0.840. The molecule has 0 aliphatic heterocycles. The molecule has 1 atom stereocenters. The summed E-state index contributed by atoms with van der Waals surface area (Å²) in [5.74, 6) is 0.942. The molecule has 0 fully saturated rings. The monoisotopic (exact) mass is 384 g/mol. The summed E-state index contributed by atoms with van der Waals surface area (Å²) in [6, 6.07) is 7.65. The Labute approximate surface area is 166 Å². The van der Waals surface area contributed by atoms with E-state index in [4.69, 9.17) is 4.74 Å². The zero-order valence-corrected chi connectivity index (χ0v) is 17.8. The van der Waals surface area contributed by atoms with E-state index in [-0.39, 0.29) is 17.5 Å². The lowest BCUT2D eigenvalue weighted by molar-refractivity contribution is -0.133. The highest BCUT2D eigenvalue weighted by atomic mass is 32.2. The fourth-order valence-electron chi connectivity index (χ4n) is 2.92. The molecular weight excluding hydrogens is 356 g/mol. The first-order chi connectivity index (χ1) is 12.6. The van der Waals surface area contributed by atoms with Gasteiger partial charge in [0.1, 0.15) is 5.76 Å². The molecule has 1 aromatic rings. The van der Waals surface area contributed by atoms with Crippen molar-refractivity contribution in [2.75, 3.05) is 6.26 Å². The number of carbonyl (C=O) groups excluding carboxylic acids is 2. The fourth-order valence-corrected chi connectivity index (χ4v) is 3.33. The van der Waals surface area contributed by atoms with Gasteiger partial charge in [-0.25, -0.2) is 0 Å². The molecule has 0 N–H and O–H groups in total. The molecule has 1 aliphatic rings. The van der Waals surface area contributed by atoms with Crippen LogP contribution in [0.2, 0.25) is 0 Å². The van der Waals surface area contributed by atoms with E-state index in [1.807, 2.05) is 50.4 Å². The van der Waals surface area contributed by atoms with Crippen molar-refractivity contribution in [3.05, 3.63) is 65.0 Å². The Morgan fingerprint density at radius 3 is 2.33 bits per heavy atom. The third-order valence-electron chi connectivity index (χ3n) is 4.83. The molecule has 0 amide bonds. The third kappa shape index (κ3) is 5.46. The van der Waals surface area contributed by atoms with Crippen LogP contribution < -0.4 is 0 Å². The minimum absolute atomic E-state index is 0.00397. The molecule has 1 aliphatic carbocycles. The van der Waals surface area contributed by atoms with Gasteiger partial charge in [0, 0.05) is 10.5 Å². The van der Waals surface area contributed by atoms with E-state index in [9.17, 15) is 9.59 Å². The summed E-state index contributed by atoms with van der Waals surface area (Å²) in [5, 5.41) is 0. The normalized spacial score (nSPS) is 17.9. The number of ketones is 2. The average Bonchev–Trinajstić information content (AvgIpc) is 2.62. The summed E-state index contributed by atoms with van der Waals surface area (Å²) in [6.45, 7) is 9.12. The molecule has 0 saturated heterocycles. The Hall–Kier alpha value is -2.07. The first-order valence-electron chi connectivity index (χ1n) is 9.09. The molecule has 2 rings (SSSR count). The smallest absolute Gasteiger partial charge is 0.185 e. The van der Waals surface area contributed by atoms with Gasteiger partial charge in [0.15, 0.2) is 17.2 Å². The van der Waals surface area contributed by atoms with Crippen molar-refractivity contribution >= 4 is 23.3 Å².